The number of aliphatic hydroxyl groups is 1. The summed E-state index contributed by atoms with van der Waals surface area (Å²) in [6.07, 6.45) is 10.8. The Hall–Kier alpha value is -1.10. The molecule has 4 nitrogen and oxygen atoms in total. The van der Waals surface area contributed by atoms with Crippen molar-refractivity contribution in [2.24, 2.45) is 0 Å². The van der Waals surface area contributed by atoms with Crippen LogP contribution in [0.2, 0.25) is 0 Å². The van der Waals surface area contributed by atoms with Gasteiger partial charge in [-0.2, -0.15) is 0 Å². The van der Waals surface area contributed by atoms with Gasteiger partial charge in [-0.25, -0.2) is 0 Å². The molecule has 3 aliphatic rings. The normalized spacial score (nSPS) is 25.6. The lowest BCUT2D eigenvalue weighted by Gasteiger charge is -2.28. The Morgan fingerprint density at radius 3 is 2.70 bits per heavy atom. The fourth-order valence-electron chi connectivity index (χ4n) is 4.86. The molecule has 1 N–H and O–H groups in total. The minimum Gasteiger partial charge on any atom is -0.494 e. The van der Waals surface area contributed by atoms with Crippen LogP contribution in [0.5, 0.6) is 5.75 Å². The highest BCUT2D eigenvalue weighted by Gasteiger charge is 2.51. The third-order valence-corrected chi connectivity index (χ3v) is 6.62. The van der Waals surface area contributed by atoms with Crippen LogP contribution in [0.15, 0.2) is 24.3 Å². The van der Waals surface area contributed by atoms with Gasteiger partial charge in [-0.3, -0.25) is 4.90 Å². The number of likely N-dealkylation sites (tertiary alicyclic amines) is 2. The van der Waals surface area contributed by atoms with Gasteiger partial charge in [0.15, 0.2) is 0 Å². The molecule has 2 heterocycles. The topological polar surface area (TPSA) is 35.9 Å². The highest BCUT2D eigenvalue weighted by atomic mass is 16.5. The predicted molar refractivity (Wildman–Crippen MR) is 109 cm³/mol. The average Bonchev–Trinajstić information content (AvgIpc) is 3.25. The summed E-state index contributed by atoms with van der Waals surface area (Å²) in [4.78, 5) is 5.08. The number of rotatable bonds is 9. The summed E-state index contributed by atoms with van der Waals surface area (Å²) in [6.45, 7) is 6.64. The third-order valence-electron chi connectivity index (χ3n) is 6.62. The van der Waals surface area contributed by atoms with Crippen molar-refractivity contribution in [1.29, 1.82) is 0 Å². The van der Waals surface area contributed by atoms with E-state index in [9.17, 15) is 5.11 Å². The standard InChI is InChI=1S/C23H36N2O2/c26-23(11-12-23)22-10-7-16-25(22)19-20-8-6-9-21(18-20)27-17-5-4-15-24-13-2-1-3-14-24/h6,8-9,18,22,26H,1-5,7,10-17,19H2. The Morgan fingerprint density at radius 1 is 1.04 bits per heavy atom. The molecule has 0 aromatic heterocycles. The number of hydrogen-bond donors (Lipinski definition) is 1. The zero-order valence-electron chi connectivity index (χ0n) is 16.7. The average molecular weight is 373 g/mol. The second-order valence-electron chi connectivity index (χ2n) is 8.84. The van der Waals surface area contributed by atoms with E-state index in [1.54, 1.807) is 0 Å². The zero-order chi connectivity index (χ0) is 18.5. The van der Waals surface area contributed by atoms with Gasteiger partial charge >= 0.3 is 0 Å². The van der Waals surface area contributed by atoms with Crippen LogP contribution in [-0.2, 0) is 6.54 Å². The lowest BCUT2D eigenvalue weighted by Crippen LogP contribution is -2.40. The molecule has 2 saturated heterocycles. The molecule has 27 heavy (non-hydrogen) atoms. The van der Waals surface area contributed by atoms with Crippen LogP contribution in [0.4, 0.5) is 0 Å². The number of piperidine rings is 1. The highest BCUT2D eigenvalue weighted by molar-refractivity contribution is 5.28. The molecule has 0 spiro atoms. The van der Waals surface area contributed by atoms with E-state index in [2.05, 4.69) is 34.1 Å². The number of unbranched alkanes of at least 4 members (excludes halogenated alkanes) is 1. The minimum atomic E-state index is -0.390. The Bertz CT molecular complexity index is 596. The van der Waals surface area contributed by atoms with Crippen LogP contribution in [0.1, 0.15) is 63.4 Å². The molecule has 1 atom stereocenters. The summed E-state index contributed by atoms with van der Waals surface area (Å²) in [6, 6.07) is 8.92. The van der Waals surface area contributed by atoms with Gasteiger partial charge in [0.2, 0.25) is 0 Å². The first-order valence-corrected chi connectivity index (χ1v) is 11.1. The summed E-state index contributed by atoms with van der Waals surface area (Å²) < 4.78 is 6.02. The molecular weight excluding hydrogens is 336 g/mol. The van der Waals surface area contributed by atoms with Crippen molar-refractivity contribution in [3.63, 3.8) is 0 Å². The molecule has 3 fully saturated rings. The summed E-state index contributed by atoms with van der Waals surface area (Å²) in [5.74, 6) is 0.992. The van der Waals surface area contributed by atoms with Crippen LogP contribution >= 0.6 is 0 Å². The van der Waals surface area contributed by atoms with E-state index in [1.165, 1.54) is 57.3 Å². The molecule has 1 unspecified atom stereocenters. The van der Waals surface area contributed by atoms with Gasteiger partial charge in [0, 0.05) is 12.6 Å². The molecule has 150 valence electrons. The molecule has 0 radical (unpaired) electrons. The van der Waals surface area contributed by atoms with Crippen molar-refractivity contribution >= 4 is 0 Å². The Kier molecular flexibility index (Phi) is 6.36. The lowest BCUT2D eigenvalue weighted by molar-refractivity contribution is 0.0481. The van der Waals surface area contributed by atoms with Gasteiger partial charge in [0.05, 0.1) is 12.2 Å². The summed E-state index contributed by atoms with van der Waals surface area (Å²) in [5.41, 5.74) is 0.913. The maximum Gasteiger partial charge on any atom is 0.119 e. The van der Waals surface area contributed by atoms with Gasteiger partial charge < -0.3 is 14.7 Å². The van der Waals surface area contributed by atoms with Gasteiger partial charge in [0.1, 0.15) is 5.75 Å². The fraction of sp³-hybridized carbons (Fsp3) is 0.739. The van der Waals surface area contributed by atoms with Crippen molar-refractivity contribution in [1.82, 2.24) is 9.80 Å². The van der Waals surface area contributed by atoms with Crippen molar-refractivity contribution < 1.29 is 9.84 Å². The Labute approximate surface area is 164 Å². The molecule has 2 aliphatic heterocycles. The SMILES string of the molecule is OC1(C2CCCN2Cc2cccc(OCCCCN3CCCCC3)c2)CC1. The van der Waals surface area contributed by atoms with Crippen LogP contribution in [0.25, 0.3) is 0 Å². The number of ether oxygens (including phenoxy) is 1. The van der Waals surface area contributed by atoms with Crippen molar-refractivity contribution in [2.45, 2.75) is 76.0 Å². The van der Waals surface area contributed by atoms with E-state index in [0.29, 0.717) is 6.04 Å². The summed E-state index contributed by atoms with van der Waals surface area (Å²) >= 11 is 0. The van der Waals surface area contributed by atoms with Gasteiger partial charge in [0.25, 0.3) is 0 Å². The molecular formula is C23H36N2O2. The molecule has 1 aliphatic carbocycles. The smallest absolute Gasteiger partial charge is 0.119 e. The van der Waals surface area contributed by atoms with Crippen molar-refractivity contribution in [3.8, 4) is 5.75 Å². The number of hydrogen-bond acceptors (Lipinski definition) is 4. The summed E-state index contributed by atoms with van der Waals surface area (Å²) in [7, 11) is 0. The lowest BCUT2D eigenvalue weighted by atomic mass is 10.1. The van der Waals surface area contributed by atoms with Crippen molar-refractivity contribution in [3.05, 3.63) is 29.8 Å². The Morgan fingerprint density at radius 2 is 1.89 bits per heavy atom. The largest absolute Gasteiger partial charge is 0.494 e. The first kappa shape index (κ1) is 19.2. The summed E-state index contributed by atoms with van der Waals surface area (Å²) in [5, 5.41) is 10.5. The predicted octanol–water partition coefficient (Wildman–Crippen LogP) is 3.82. The van der Waals surface area contributed by atoms with E-state index < -0.39 is 0 Å². The van der Waals surface area contributed by atoms with E-state index in [-0.39, 0.29) is 5.60 Å². The first-order chi connectivity index (χ1) is 13.2. The van der Waals surface area contributed by atoms with Crippen LogP contribution < -0.4 is 4.74 Å². The highest BCUT2D eigenvalue weighted by Crippen LogP contribution is 2.45. The monoisotopic (exact) mass is 372 g/mol. The van der Waals surface area contributed by atoms with E-state index >= 15 is 0 Å². The minimum absolute atomic E-state index is 0.358. The van der Waals surface area contributed by atoms with Crippen LogP contribution in [-0.4, -0.2) is 59.3 Å². The third kappa shape index (κ3) is 5.24. The first-order valence-electron chi connectivity index (χ1n) is 11.1. The van der Waals surface area contributed by atoms with Crippen LogP contribution in [0.3, 0.4) is 0 Å². The van der Waals surface area contributed by atoms with Gasteiger partial charge in [-0.1, -0.05) is 18.6 Å². The van der Waals surface area contributed by atoms with E-state index in [1.807, 2.05) is 0 Å². The molecule has 0 bridgehead atoms. The second kappa shape index (κ2) is 8.93. The molecule has 0 amide bonds. The molecule has 1 aromatic carbocycles. The van der Waals surface area contributed by atoms with E-state index in [0.717, 1.165) is 51.1 Å². The maximum absolute atomic E-state index is 10.5. The second-order valence-corrected chi connectivity index (χ2v) is 8.84. The molecule has 4 rings (SSSR count). The molecule has 1 aromatic rings. The van der Waals surface area contributed by atoms with Crippen LogP contribution in [0, 0.1) is 0 Å². The fourth-order valence-corrected chi connectivity index (χ4v) is 4.86. The van der Waals surface area contributed by atoms with E-state index in [4.69, 9.17) is 4.74 Å². The number of nitrogens with zero attached hydrogens (tertiary/aromatic N) is 2. The maximum atomic E-state index is 10.5. The zero-order valence-corrected chi connectivity index (χ0v) is 16.7. The number of benzene rings is 1. The molecule has 4 heteroatoms. The quantitative estimate of drug-likeness (QED) is 0.669. The Balaban J connectivity index is 1.19. The molecule has 1 saturated carbocycles. The van der Waals surface area contributed by atoms with Crippen molar-refractivity contribution in [2.75, 3.05) is 32.8 Å². The van der Waals surface area contributed by atoms with Gasteiger partial charge in [-0.05, 0) is 95.2 Å². The van der Waals surface area contributed by atoms with Gasteiger partial charge in [-0.15, -0.1) is 0 Å².